The van der Waals surface area contributed by atoms with Gasteiger partial charge in [0.2, 0.25) is 0 Å². The summed E-state index contributed by atoms with van der Waals surface area (Å²) >= 11 is 0. The highest BCUT2D eigenvalue weighted by Gasteiger charge is 2.08. The molecule has 5 nitrogen and oxygen atoms in total. The number of amides is 1. The minimum absolute atomic E-state index is 0.0211. The summed E-state index contributed by atoms with van der Waals surface area (Å²) in [5, 5.41) is 2.83. The summed E-state index contributed by atoms with van der Waals surface area (Å²) in [7, 11) is 0. The molecule has 0 aliphatic rings. The number of hydrogen-bond acceptors (Lipinski definition) is 4. The molecule has 1 aromatic heterocycles. The molecule has 2 aromatic rings. The van der Waals surface area contributed by atoms with Crippen molar-refractivity contribution in [3.05, 3.63) is 48.2 Å². The van der Waals surface area contributed by atoms with E-state index in [4.69, 9.17) is 4.74 Å². The van der Waals surface area contributed by atoms with Gasteiger partial charge >= 0.3 is 0 Å². The molecule has 0 spiro atoms. The van der Waals surface area contributed by atoms with Gasteiger partial charge in [0.1, 0.15) is 11.6 Å². The molecule has 0 bridgehead atoms. The molecule has 2 rings (SSSR count). The van der Waals surface area contributed by atoms with Gasteiger partial charge in [0.05, 0.1) is 11.9 Å². The van der Waals surface area contributed by atoms with E-state index < -0.39 is 0 Å². The second-order valence-electron chi connectivity index (χ2n) is 6.23. The maximum atomic E-state index is 12.1. The molecule has 1 heterocycles. The molecular formula is C21H29N3O2. The Kier molecular flexibility index (Phi) is 7.93. The van der Waals surface area contributed by atoms with Crippen LogP contribution in [0.1, 0.15) is 39.2 Å². The third kappa shape index (κ3) is 6.06. The van der Waals surface area contributed by atoms with Crippen molar-refractivity contribution in [2.45, 2.75) is 40.0 Å². The smallest absolute Gasteiger partial charge is 0.262 e. The van der Waals surface area contributed by atoms with E-state index in [9.17, 15) is 4.79 Å². The Hall–Kier alpha value is -2.56. The molecule has 1 amide bonds. The summed E-state index contributed by atoms with van der Waals surface area (Å²) in [6.45, 7) is 8.35. The van der Waals surface area contributed by atoms with Crippen LogP contribution in [0.25, 0.3) is 0 Å². The number of nitrogens with one attached hydrogen (secondary N) is 1. The van der Waals surface area contributed by atoms with E-state index in [2.05, 4.69) is 36.0 Å². The molecule has 0 saturated carbocycles. The molecule has 0 unspecified atom stereocenters. The maximum Gasteiger partial charge on any atom is 0.262 e. The highest BCUT2D eigenvalue weighted by atomic mass is 16.5. The van der Waals surface area contributed by atoms with Crippen LogP contribution >= 0.6 is 0 Å². The van der Waals surface area contributed by atoms with Crippen molar-refractivity contribution in [2.75, 3.05) is 29.9 Å². The lowest BCUT2D eigenvalue weighted by Gasteiger charge is -2.22. The van der Waals surface area contributed by atoms with Gasteiger partial charge in [-0.15, -0.1) is 0 Å². The van der Waals surface area contributed by atoms with Crippen molar-refractivity contribution in [2.24, 2.45) is 0 Å². The number of hydrogen-bond donors (Lipinski definition) is 1. The first-order valence-corrected chi connectivity index (χ1v) is 9.38. The van der Waals surface area contributed by atoms with Gasteiger partial charge in [0, 0.05) is 13.1 Å². The SMILES string of the molecule is CCCN(CCC)c1ccc(NC(=O)COc2cccc(CC)c2)cn1. The van der Waals surface area contributed by atoms with Crippen molar-refractivity contribution in [3.63, 3.8) is 0 Å². The number of anilines is 2. The largest absolute Gasteiger partial charge is 0.484 e. The first-order chi connectivity index (χ1) is 12.7. The number of pyridine rings is 1. The summed E-state index contributed by atoms with van der Waals surface area (Å²) in [4.78, 5) is 18.8. The Labute approximate surface area is 156 Å². The van der Waals surface area contributed by atoms with Gasteiger partial charge in [-0.05, 0) is 49.1 Å². The molecule has 0 aliphatic carbocycles. The number of aromatic nitrogens is 1. The molecule has 1 aromatic carbocycles. The zero-order chi connectivity index (χ0) is 18.8. The van der Waals surface area contributed by atoms with Gasteiger partial charge in [-0.25, -0.2) is 4.98 Å². The third-order valence-corrected chi connectivity index (χ3v) is 4.02. The van der Waals surface area contributed by atoms with E-state index in [1.807, 2.05) is 36.4 Å². The summed E-state index contributed by atoms with van der Waals surface area (Å²) in [5.41, 5.74) is 1.86. The molecule has 5 heteroatoms. The zero-order valence-corrected chi connectivity index (χ0v) is 16.0. The number of aryl methyl sites for hydroxylation is 1. The fourth-order valence-corrected chi connectivity index (χ4v) is 2.73. The molecule has 0 fully saturated rings. The minimum atomic E-state index is -0.194. The van der Waals surface area contributed by atoms with Crippen LogP contribution in [0.4, 0.5) is 11.5 Å². The van der Waals surface area contributed by atoms with E-state index in [1.54, 1.807) is 6.20 Å². The average molecular weight is 355 g/mol. The Morgan fingerprint density at radius 1 is 1.12 bits per heavy atom. The van der Waals surface area contributed by atoms with Gasteiger partial charge < -0.3 is 15.0 Å². The predicted molar refractivity (Wildman–Crippen MR) is 107 cm³/mol. The molecular weight excluding hydrogens is 326 g/mol. The van der Waals surface area contributed by atoms with Crippen molar-refractivity contribution in [1.29, 1.82) is 0 Å². The number of rotatable bonds is 10. The quantitative estimate of drug-likeness (QED) is 0.691. The van der Waals surface area contributed by atoms with Crippen molar-refractivity contribution in [1.82, 2.24) is 4.98 Å². The second kappa shape index (κ2) is 10.4. The molecule has 0 saturated heterocycles. The van der Waals surface area contributed by atoms with Crippen LogP contribution in [-0.4, -0.2) is 30.6 Å². The minimum Gasteiger partial charge on any atom is -0.484 e. The fraction of sp³-hybridized carbons (Fsp3) is 0.429. The van der Waals surface area contributed by atoms with Crippen LogP contribution in [-0.2, 0) is 11.2 Å². The highest BCUT2D eigenvalue weighted by molar-refractivity contribution is 5.91. The fourth-order valence-electron chi connectivity index (χ4n) is 2.73. The Morgan fingerprint density at radius 2 is 1.88 bits per heavy atom. The zero-order valence-electron chi connectivity index (χ0n) is 16.0. The maximum absolute atomic E-state index is 12.1. The molecule has 26 heavy (non-hydrogen) atoms. The van der Waals surface area contributed by atoms with Gasteiger partial charge in [0.25, 0.3) is 5.91 Å². The number of ether oxygens (including phenoxy) is 1. The van der Waals surface area contributed by atoms with Crippen LogP contribution in [0, 0.1) is 0 Å². The number of carbonyl (C=O) groups is 1. The summed E-state index contributed by atoms with van der Waals surface area (Å²) in [6, 6.07) is 11.6. The predicted octanol–water partition coefficient (Wildman–Crippen LogP) is 4.29. The topological polar surface area (TPSA) is 54.5 Å². The molecule has 0 atom stereocenters. The van der Waals surface area contributed by atoms with Gasteiger partial charge in [0.15, 0.2) is 6.61 Å². The van der Waals surface area contributed by atoms with E-state index in [0.29, 0.717) is 11.4 Å². The Morgan fingerprint density at radius 3 is 2.50 bits per heavy atom. The summed E-state index contributed by atoms with van der Waals surface area (Å²) in [6.07, 6.45) is 4.80. The molecule has 0 aliphatic heterocycles. The molecule has 1 N–H and O–H groups in total. The van der Waals surface area contributed by atoms with E-state index in [0.717, 1.165) is 38.2 Å². The number of carbonyl (C=O) groups excluding carboxylic acids is 1. The van der Waals surface area contributed by atoms with Crippen LogP contribution in [0.2, 0.25) is 0 Å². The normalized spacial score (nSPS) is 10.4. The van der Waals surface area contributed by atoms with Gasteiger partial charge in [-0.3, -0.25) is 4.79 Å². The number of benzene rings is 1. The highest BCUT2D eigenvalue weighted by Crippen LogP contribution is 2.16. The van der Waals surface area contributed by atoms with Crippen molar-refractivity contribution >= 4 is 17.4 Å². The lowest BCUT2D eigenvalue weighted by molar-refractivity contribution is -0.118. The third-order valence-electron chi connectivity index (χ3n) is 4.02. The molecule has 0 radical (unpaired) electrons. The average Bonchev–Trinajstić information content (AvgIpc) is 2.67. The first-order valence-electron chi connectivity index (χ1n) is 9.38. The van der Waals surface area contributed by atoms with E-state index in [-0.39, 0.29) is 12.5 Å². The van der Waals surface area contributed by atoms with Crippen LogP contribution in [0.3, 0.4) is 0 Å². The van der Waals surface area contributed by atoms with Crippen LogP contribution in [0.5, 0.6) is 5.75 Å². The first kappa shape index (κ1) is 19.8. The lowest BCUT2D eigenvalue weighted by atomic mass is 10.2. The summed E-state index contributed by atoms with van der Waals surface area (Å²) < 4.78 is 5.57. The van der Waals surface area contributed by atoms with E-state index in [1.165, 1.54) is 5.56 Å². The lowest BCUT2D eigenvalue weighted by Crippen LogP contribution is -2.26. The van der Waals surface area contributed by atoms with Crippen LogP contribution < -0.4 is 15.0 Å². The Balaban J connectivity index is 1.88. The monoisotopic (exact) mass is 355 g/mol. The summed E-state index contributed by atoms with van der Waals surface area (Å²) in [5.74, 6) is 1.46. The van der Waals surface area contributed by atoms with E-state index >= 15 is 0 Å². The van der Waals surface area contributed by atoms with Crippen molar-refractivity contribution < 1.29 is 9.53 Å². The van der Waals surface area contributed by atoms with Crippen LogP contribution in [0.15, 0.2) is 42.6 Å². The molecule has 140 valence electrons. The Bertz CT molecular complexity index is 680. The second-order valence-corrected chi connectivity index (χ2v) is 6.23. The van der Waals surface area contributed by atoms with Gasteiger partial charge in [-0.1, -0.05) is 32.9 Å². The number of nitrogens with zero attached hydrogens (tertiary/aromatic N) is 2. The van der Waals surface area contributed by atoms with Gasteiger partial charge in [-0.2, -0.15) is 0 Å². The van der Waals surface area contributed by atoms with Crippen molar-refractivity contribution in [3.8, 4) is 5.75 Å². The standard InChI is InChI=1S/C21H29N3O2/c1-4-12-24(13-5-2)20-11-10-18(15-22-20)23-21(25)16-26-19-9-7-8-17(6-3)14-19/h7-11,14-15H,4-6,12-13,16H2,1-3H3,(H,23,25).